The molecule has 0 unspecified atom stereocenters. The first-order chi connectivity index (χ1) is 22.5. The predicted octanol–water partition coefficient (Wildman–Crippen LogP) is 11.6. The van der Waals surface area contributed by atoms with Gasteiger partial charge in [0.15, 0.2) is 16.6 Å². The summed E-state index contributed by atoms with van der Waals surface area (Å²) >= 11 is 1.61. The molecule has 0 N–H and O–H groups in total. The summed E-state index contributed by atoms with van der Waals surface area (Å²) in [5, 5.41) is 2.93. The van der Waals surface area contributed by atoms with Crippen LogP contribution in [0, 0.1) is 30.1 Å². The van der Waals surface area contributed by atoms with Crippen molar-refractivity contribution in [2.24, 2.45) is 23.2 Å². The number of rotatable bonds is 9. The van der Waals surface area contributed by atoms with Crippen molar-refractivity contribution in [2.45, 2.75) is 177 Å². The predicted molar refractivity (Wildman–Crippen MR) is 213 cm³/mol. The van der Waals surface area contributed by atoms with Crippen molar-refractivity contribution in [2.75, 3.05) is 0 Å². The molecule has 49 heavy (non-hydrogen) atoms. The summed E-state index contributed by atoms with van der Waals surface area (Å²) < 4.78 is 20.7. The van der Waals surface area contributed by atoms with Crippen LogP contribution in [0.4, 0.5) is 0 Å². The molecule has 0 fully saturated rings. The van der Waals surface area contributed by atoms with Gasteiger partial charge in [-0.15, -0.1) is 11.3 Å². The molecule has 0 radical (unpaired) electrons. The van der Waals surface area contributed by atoms with Gasteiger partial charge in [0, 0.05) is 23.1 Å². The normalized spacial score (nSPS) is 28.6. The summed E-state index contributed by atoms with van der Waals surface area (Å²) in [6.45, 7) is 34.6. The van der Waals surface area contributed by atoms with Crippen LogP contribution in [0.1, 0.15) is 126 Å². The molecule has 2 heterocycles. The number of aromatic nitrogens is 1. The summed E-state index contributed by atoms with van der Waals surface area (Å²) in [5.41, 5.74) is 2.17. The van der Waals surface area contributed by atoms with E-state index in [0.29, 0.717) is 12.3 Å². The van der Waals surface area contributed by atoms with Crippen molar-refractivity contribution in [3.63, 3.8) is 0 Å². The molecule has 1 aliphatic rings. The number of esters is 1. The maximum atomic E-state index is 15.0. The second-order valence-corrected chi connectivity index (χ2v) is 27.6. The second kappa shape index (κ2) is 17.9. The number of ether oxygens (including phenoxy) is 1. The monoisotopic (exact) mass is 733 g/mol. The minimum atomic E-state index is -2.39. The molecule has 0 saturated carbocycles. The number of carbonyl (C=O) groups is 2. The Bertz CT molecular complexity index is 1300. The lowest BCUT2D eigenvalue weighted by atomic mass is 9.71. The first kappa shape index (κ1) is 43.8. The SMILES string of the molecule is CC[Si](CC)(CC)O[C@H]1[C@@H](C)[C@@H](C)CC/C(C)=C/C[C@@H](/C(C)=C/c2csc(C)n2)OC(=O)C[C@H](O[Si](C)(C)C(C)(C)C)C(C)(C)C(=O)[C@@H]1C. The fourth-order valence-electron chi connectivity index (χ4n) is 6.73. The summed E-state index contributed by atoms with van der Waals surface area (Å²) in [7, 11) is -4.43. The summed E-state index contributed by atoms with van der Waals surface area (Å²) in [6, 6.07) is 3.09. The smallest absolute Gasteiger partial charge is 0.309 e. The average Bonchev–Trinajstić information content (AvgIpc) is 3.44. The molecule has 9 heteroatoms. The third-order valence-corrected chi connectivity index (χ3v) is 22.1. The van der Waals surface area contributed by atoms with Gasteiger partial charge in [0.25, 0.3) is 0 Å². The van der Waals surface area contributed by atoms with Crippen LogP contribution in [-0.2, 0) is 23.2 Å². The third kappa shape index (κ3) is 11.5. The fraction of sp³-hybridized carbons (Fsp3) is 0.775. The van der Waals surface area contributed by atoms with Gasteiger partial charge in [-0.05, 0) is 93.4 Å². The number of carbonyl (C=O) groups excluding carboxylic acids is 2. The number of hydrogen-bond donors (Lipinski definition) is 0. The van der Waals surface area contributed by atoms with Crippen LogP contribution < -0.4 is 0 Å². The third-order valence-electron chi connectivity index (χ3n) is 12.1. The highest BCUT2D eigenvalue weighted by Crippen LogP contribution is 2.43. The number of hydrogen-bond acceptors (Lipinski definition) is 7. The van der Waals surface area contributed by atoms with Crippen LogP contribution >= 0.6 is 11.3 Å². The van der Waals surface area contributed by atoms with Gasteiger partial charge < -0.3 is 13.6 Å². The molecule has 0 spiro atoms. The topological polar surface area (TPSA) is 74.7 Å². The average molecular weight is 734 g/mol. The number of ketones is 1. The number of cyclic esters (lactones) is 1. The van der Waals surface area contributed by atoms with E-state index in [-0.39, 0.29) is 41.2 Å². The van der Waals surface area contributed by atoms with Crippen LogP contribution in [-0.4, -0.2) is 51.7 Å². The zero-order valence-electron chi connectivity index (χ0n) is 34.0. The van der Waals surface area contributed by atoms with Gasteiger partial charge in [0.05, 0.1) is 29.3 Å². The van der Waals surface area contributed by atoms with Crippen molar-refractivity contribution < 1.29 is 23.2 Å². The Labute approximate surface area is 306 Å². The van der Waals surface area contributed by atoms with Crippen LogP contribution in [0.2, 0.25) is 36.3 Å². The van der Waals surface area contributed by atoms with Crippen LogP contribution in [0.3, 0.4) is 0 Å². The molecule has 0 amide bonds. The Hall–Kier alpha value is -1.40. The minimum absolute atomic E-state index is 0.00923. The van der Waals surface area contributed by atoms with Gasteiger partial charge in [-0.25, -0.2) is 4.98 Å². The molecule has 0 saturated heterocycles. The Balaban J connectivity index is 2.71. The van der Waals surface area contributed by atoms with Crippen molar-refractivity contribution >= 4 is 45.8 Å². The molecule has 1 aromatic heterocycles. The summed E-state index contributed by atoms with van der Waals surface area (Å²) in [4.78, 5) is 33.6. The van der Waals surface area contributed by atoms with E-state index in [0.717, 1.165) is 47.2 Å². The fourth-order valence-corrected chi connectivity index (χ4v) is 11.7. The molecular formula is C40H71NO5SSi2. The Morgan fingerprint density at radius 1 is 1.06 bits per heavy atom. The highest BCUT2D eigenvalue weighted by Gasteiger charge is 2.50. The van der Waals surface area contributed by atoms with Gasteiger partial charge in [-0.3, -0.25) is 9.59 Å². The molecule has 6 atom stereocenters. The molecule has 2 rings (SSSR count). The van der Waals surface area contributed by atoms with Gasteiger partial charge in [-0.2, -0.15) is 0 Å². The lowest BCUT2D eigenvalue weighted by molar-refractivity contribution is -0.153. The Kier molecular flexibility index (Phi) is 16.0. The van der Waals surface area contributed by atoms with Gasteiger partial charge in [-0.1, -0.05) is 87.8 Å². The van der Waals surface area contributed by atoms with E-state index in [4.69, 9.17) is 13.6 Å². The Morgan fingerprint density at radius 2 is 1.65 bits per heavy atom. The second-order valence-electron chi connectivity index (χ2n) is 17.1. The lowest BCUT2D eigenvalue weighted by Crippen LogP contribution is -2.54. The molecule has 1 aliphatic heterocycles. The number of Topliss-reactive ketones (excluding diaryl/α,β-unsaturated/α-hetero) is 1. The molecule has 1 aromatic rings. The van der Waals surface area contributed by atoms with E-state index in [1.54, 1.807) is 11.3 Å². The maximum absolute atomic E-state index is 15.0. The Morgan fingerprint density at radius 3 is 2.16 bits per heavy atom. The largest absolute Gasteiger partial charge is 0.457 e. The van der Waals surface area contributed by atoms with Crippen molar-refractivity contribution in [1.82, 2.24) is 4.98 Å². The number of allylic oxidation sites excluding steroid dienone is 1. The molecule has 0 aromatic carbocycles. The van der Waals surface area contributed by atoms with E-state index in [1.807, 2.05) is 39.2 Å². The zero-order valence-corrected chi connectivity index (χ0v) is 36.9. The highest BCUT2D eigenvalue weighted by atomic mass is 32.1. The molecule has 6 nitrogen and oxygen atoms in total. The molecule has 0 bridgehead atoms. The highest BCUT2D eigenvalue weighted by molar-refractivity contribution is 7.09. The number of thiazole rings is 1. The van der Waals surface area contributed by atoms with Crippen molar-refractivity contribution in [1.29, 1.82) is 0 Å². The summed E-state index contributed by atoms with van der Waals surface area (Å²) in [6.07, 6.45) is 5.54. The minimum Gasteiger partial charge on any atom is -0.457 e. The van der Waals surface area contributed by atoms with E-state index >= 15 is 0 Å². The molecular weight excluding hydrogens is 663 g/mol. The quantitative estimate of drug-likeness (QED) is 0.143. The van der Waals surface area contributed by atoms with E-state index in [9.17, 15) is 9.59 Å². The first-order valence-corrected chi connectivity index (χ1v) is 25.2. The van der Waals surface area contributed by atoms with E-state index in [1.165, 1.54) is 5.57 Å². The van der Waals surface area contributed by atoms with Gasteiger partial charge in [0.2, 0.25) is 0 Å². The van der Waals surface area contributed by atoms with Crippen LogP contribution in [0.15, 0.2) is 22.6 Å². The summed E-state index contributed by atoms with van der Waals surface area (Å²) in [5.74, 6) is -0.0363. The standard InChI is InChI=1S/C40H71NO5SSi2/c1-17-49(18-2,19-3)46-37-30(7)28(5)22-20-27(4)21-23-34(29(6)24-33-26-47-32(9)41-33)44-36(42)25-35(40(13,14)38(43)31(37)8)45-48(15,16)39(10,11)12/h21,24,26,28,30-31,34-35,37H,17-20,22-23,25H2,1-16H3/b27-21+,29-24+/t28-,30-,31+,34-,35-,37-/m0/s1. The lowest BCUT2D eigenvalue weighted by Gasteiger charge is -2.46. The number of nitrogens with zero attached hydrogens (tertiary/aromatic N) is 1. The maximum Gasteiger partial charge on any atom is 0.309 e. The van der Waals surface area contributed by atoms with E-state index in [2.05, 4.69) is 93.4 Å². The van der Waals surface area contributed by atoms with Gasteiger partial charge in [0.1, 0.15) is 11.9 Å². The first-order valence-electron chi connectivity index (χ1n) is 18.9. The molecule has 0 aliphatic carbocycles. The zero-order chi connectivity index (χ0) is 37.5. The number of aryl methyl sites for hydroxylation is 1. The van der Waals surface area contributed by atoms with Crippen LogP contribution in [0.5, 0.6) is 0 Å². The molecule has 280 valence electrons. The van der Waals surface area contributed by atoms with Gasteiger partial charge >= 0.3 is 5.97 Å². The van der Waals surface area contributed by atoms with Crippen LogP contribution in [0.25, 0.3) is 6.08 Å². The van der Waals surface area contributed by atoms with E-state index < -0.39 is 34.3 Å². The van der Waals surface area contributed by atoms with Crippen molar-refractivity contribution in [3.8, 4) is 0 Å². The van der Waals surface area contributed by atoms with Crippen molar-refractivity contribution in [3.05, 3.63) is 33.3 Å².